The topological polar surface area (TPSA) is 43.4 Å². The van der Waals surface area contributed by atoms with E-state index in [1.54, 1.807) is 6.92 Å². The largest absolute Gasteiger partial charge is 0.458 e. The van der Waals surface area contributed by atoms with E-state index in [-0.39, 0.29) is 17.9 Å². The molecule has 88 valence electrons. The van der Waals surface area contributed by atoms with Crippen molar-refractivity contribution >= 4 is 11.8 Å². The first kappa shape index (κ1) is 12.7. The van der Waals surface area contributed by atoms with Gasteiger partial charge < -0.3 is 9.53 Å². The summed E-state index contributed by atoms with van der Waals surface area (Å²) in [5, 5.41) is 0. The third-order valence-corrected chi connectivity index (χ3v) is 2.45. The van der Waals surface area contributed by atoms with Gasteiger partial charge in [-0.15, -0.1) is 6.58 Å². The maximum atomic E-state index is 11.4. The van der Waals surface area contributed by atoms with Gasteiger partial charge in [-0.25, -0.2) is 4.79 Å². The van der Waals surface area contributed by atoms with Crippen molar-refractivity contribution in [3.8, 4) is 0 Å². The predicted octanol–water partition coefficient (Wildman–Crippen LogP) is 2.56. The zero-order valence-corrected chi connectivity index (χ0v) is 9.91. The molecule has 0 spiro atoms. The Balaban J connectivity index is 2.47. The summed E-state index contributed by atoms with van der Waals surface area (Å²) in [5.41, 5.74) is 1.72. The summed E-state index contributed by atoms with van der Waals surface area (Å²) in [6.45, 7) is 7.27. The van der Waals surface area contributed by atoms with Gasteiger partial charge in [0.25, 0.3) is 0 Å². The number of esters is 1. The minimum absolute atomic E-state index is 0.0615. The van der Waals surface area contributed by atoms with Crippen molar-refractivity contribution < 1.29 is 14.3 Å². The predicted molar refractivity (Wildman–Crippen MR) is 61.9 cm³/mol. The first-order valence-electron chi connectivity index (χ1n) is 5.53. The van der Waals surface area contributed by atoms with Crippen molar-refractivity contribution in [3.05, 3.63) is 23.8 Å². The standard InChI is InChI=1S/C13H18O3/c1-9(2)7-12-8-11(13(15)16-12)6-4-5-10(3)14/h6,12H,1,4-5,7-8H2,2-3H3/b11-6+/t12-/m0/s1. The van der Waals surface area contributed by atoms with Gasteiger partial charge in [0.15, 0.2) is 0 Å². The van der Waals surface area contributed by atoms with Gasteiger partial charge in [-0.1, -0.05) is 11.6 Å². The zero-order valence-electron chi connectivity index (χ0n) is 9.91. The number of ether oxygens (including phenoxy) is 1. The quantitative estimate of drug-likeness (QED) is 0.408. The molecule has 0 aromatic rings. The van der Waals surface area contributed by atoms with Crippen molar-refractivity contribution in [2.24, 2.45) is 0 Å². The lowest BCUT2D eigenvalue weighted by atomic mass is 10.0. The van der Waals surface area contributed by atoms with Crippen LogP contribution in [0.25, 0.3) is 0 Å². The highest BCUT2D eigenvalue weighted by Crippen LogP contribution is 2.25. The highest BCUT2D eigenvalue weighted by atomic mass is 16.5. The molecule has 3 nitrogen and oxygen atoms in total. The highest BCUT2D eigenvalue weighted by Gasteiger charge is 2.28. The number of carbonyl (C=O) groups excluding carboxylic acids is 2. The van der Waals surface area contributed by atoms with Crippen LogP contribution in [0.2, 0.25) is 0 Å². The van der Waals surface area contributed by atoms with Crippen LogP contribution < -0.4 is 0 Å². The van der Waals surface area contributed by atoms with Crippen LogP contribution >= 0.6 is 0 Å². The van der Waals surface area contributed by atoms with Crippen molar-refractivity contribution in [2.45, 2.75) is 45.6 Å². The lowest BCUT2D eigenvalue weighted by molar-refractivity contribution is -0.138. The Labute approximate surface area is 96.2 Å². The van der Waals surface area contributed by atoms with E-state index < -0.39 is 0 Å². The number of hydrogen-bond acceptors (Lipinski definition) is 3. The molecule has 3 heteroatoms. The summed E-state index contributed by atoms with van der Waals surface area (Å²) in [6, 6.07) is 0. The van der Waals surface area contributed by atoms with Crippen molar-refractivity contribution in [2.75, 3.05) is 0 Å². The molecule has 1 aliphatic rings. The van der Waals surface area contributed by atoms with Gasteiger partial charge in [-0.3, -0.25) is 0 Å². The molecular weight excluding hydrogens is 204 g/mol. The second-order valence-electron chi connectivity index (χ2n) is 4.36. The molecule has 0 saturated carbocycles. The second kappa shape index (κ2) is 5.64. The van der Waals surface area contributed by atoms with E-state index in [4.69, 9.17) is 4.74 Å². The Morgan fingerprint density at radius 1 is 1.56 bits per heavy atom. The first-order valence-corrected chi connectivity index (χ1v) is 5.53. The van der Waals surface area contributed by atoms with Gasteiger partial charge in [-0.2, -0.15) is 0 Å². The Bertz CT molecular complexity index is 339. The maximum absolute atomic E-state index is 11.4. The Kier molecular flexibility index (Phi) is 4.47. The molecular formula is C13H18O3. The van der Waals surface area contributed by atoms with E-state index >= 15 is 0 Å². The molecule has 0 aromatic carbocycles. The SMILES string of the molecule is C=C(C)C[C@H]1C/C(=C\CCC(C)=O)C(=O)O1. The molecule has 1 rings (SSSR count). The van der Waals surface area contributed by atoms with Gasteiger partial charge in [0.1, 0.15) is 11.9 Å². The van der Waals surface area contributed by atoms with Crippen LogP contribution in [0.4, 0.5) is 0 Å². The minimum Gasteiger partial charge on any atom is -0.458 e. The Hall–Kier alpha value is -1.38. The van der Waals surface area contributed by atoms with Crippen LogP contribution in [-0.4, -0.2) is 17.9 Å². The molecule has 0 amide bonds. The molecule has 0 bridgehead atoms. The number of rotatable bonds is 5. The highest BCUT2D eigenvalue weighted by molar-refractivity contribution is 5.90. The van der Waals surface area contributed by atoms with E-state index in [1.807, 2.05) is 13.0 Å². The van der Waals surface area contributed by atoms with Crippen molar-refractivity contribution in [3.63, 3.8) is 0 Å². The smallest absolute Gasteiger partial charge is 0.334 e. The zero-order chi connectivity index (χ0) is 12.1. The number of hydrogen-bond donors (Lipinski definition) is 0. The van der Waals surface area contributed by atoms with Gasteiger partial charge in [0, 0.05) is 24.8 Å². The number of carbonyl (C=O) groups is 2. The van der Waals surface area contributed by atoms with Gasteiger partial charge in [-0.05, 0) is 20.3 Å². The molecule has 0 N–H and O–H groups in total. The van der Waals surface area contributed by atoms with Crippen LogP contribution in [0, 0.1) is 0 Å². The number of allylic oxidation sites excluding steroid dienone is 1. The van der Waals surface area contributed by atoms with E-state index in [9.17, 15) is 9.59 Å². The van der Waals surface area contributed by atoms with E-state index in [2.05, 4.69) is 6.58 Å². The van der Waals surface area contributed by atoms with E-state index in [1.165, 1.54) is 0 Å². The molecule has 0 aliphatic carbocycles. The van der Waals surface area contributed by atoms with Crippen LogP contribution in [0.5, 0.6) is 0 Å². The second-order valence-corrected chi connectivity index (χ2v) is 4.36. The Morgan fingerprint density at radius 3 is 2.81 bits per heavy atom. The number of cyclic esters (lactones) is 1. The third kappa shape index (κ3) is 4.01. The fourth-order valence-electron chi connectivity index (χ4n) is 1.72. The normalized spacial score (nSPS) is 22.2. The lowest BCUT2D eigenvalue weighted by Gasteiger charge is -2.06. The van der Waals surface area contributed by atoms with Gasteiger partial charge in [0.2, 0.25) is 0 Å². The molecule has 1 fully saturated rings. The molecule has 1 atom stereocenters. The lowest BCUT2D eigenvalue weighted by Crippen LogP contribution is -2.06. The summed E-state index contributed by atoms with van der Waals surface area (Å²) in [6.07, 6.45) is 4.23. The summed E-state index contributed by atoms with van der Waals surface area (Å²) in [5.74, 6) is -0.100. The van der Waals surface area contributed by atoms with Gasteiger partial charge in [0.05, 0.1) is 0 Å². The van der Waals surface area contributed by atoms with E-state index in [0.29, 0.717) is 24.8 Å². The fourth-order valence-corrected chi connectivity index (χ4v) is 1.72. The molecule has 0 aromatic heterocycles. The van der Waals surface area contributed by atoms with Gasteiger partial charge >= 0.3 is 5.97 Å². The summed E-state index contributed by atoms with van der Waals surface area (Å²) >= 11 is 0. The van der Waals surface area contributed by atoms with E-state index in [0.717, 1.165) is 12.0 Å². The molecule has 1 heterocycles. The number of ketones is 1. The fraction of sp³-hybridized carbons (Fsp3) is 0.538. The van der Waals surface area contributed by atoms with Crippen LogP contribution in [0.1, 0.15) is 39.5 Å². The number of Topliss-reactive ketones (excluding diaryl/α,β-unsaturated/α-hetero) is 1. The van der Waals surface area contributed by atoms with Crippen molar-refractivity contribution in [1.29, 1.82) is 0 Å². The Morgan fingerprint density at radius 2 is 2.25 bits per heavy atom. The summed E-state index contributed by atoms with van der Waals surface area (Å²) in [4.78, 5) is 22.2. The molecule has 16 heavy (non-hydrogen) atoms. The molecule has 0 unspecified atom stereocenters. The molecule has 0 radical (unpaired) electrons. The summed E-state index contributed by atoms with van der Waals surface area (Å²) < 4.78 is 5.19. The van der Waals surface area contributed by atoms with Crippen molar-refractivity contribution in [1.82, 2.24) is 0 Å². The molecule has 1 saturated heterocycles. The monoisotopic (exact) mass is 222 g/mol. The summed E-state index contributed by atoms with van der Waals surface area (Å²) in [7, 11) is 0. The van der Waals surface area contributed by atoms with Crippen LogP contribution in [0.15, 0.2) is 23.8 Å². The van der Waals surface area contributed by atoms with Crippen LogP contribution in [-0.2, 0) is 14.3 Å². The average molecular weight is 222 g/mol. The third-order valence-electron chi connectivity index (χ3n) is 2.45. The first-order chi connectivity index (χ1) is 7.49. The molecule has 1 aliphatic heterocycles. The minimum atomic E-state index is -0.241. The maximum Gasteiger partial charge on any atom is 0.334 e. The van der Waals surface area contributed by atoms with Crippen LogP contribution in [0.3, 0.4) is 0 Å². The average Bonchev–Trinajstić information content (AvgIpc) is 2.45.